The Morgan fingerprint density at radius 2 is 2.00 bits per heavy atom. The molecule has 0 bridgehead atoms. The minimum absolute atomic E-state index is 0.139. The number of carbonyl (C=O) groups excluding carboxylic acids is 1. The zero-order valence-corrected chi connectivity index (χ0v) is 12.3. The molecule has 96 valence electrons. The van der Waals surface area contributed by atoms with Crippen LogP contribution in [0.5, 0.6) is 0 Å². The minimum atomic E-state index is -0.468. The van der Waals surface area contributed by atoms with Gasteiger partial charge in [0.05, 0.1) is 15.3 Å². The van der Waals surface area contributed by atoms with Crippen LogP contribution in [-0.2, 0) is 6.42 Å². The standard InChI is InChI=1S/C15H10BrFOS/c16-11-6-3-5-10(14(11)17)15(18)13-8-9-4-1-2-7-12(9)19-13/h1-7,13H,8H2. The third-order valence-electron chi connectivity index (χ3n) is 3.16. The first-order valence-corrected chi connectivity index (χ1v) is 7.57. The van der Waals surface area contributed by atoms with E-state index in [0.29, 0.717) is 10.9 Å². The summed E-state index contributed by atoms with van der Waals surface area (Å²) in [7, 11) is 0. The zero-order valence-electron chi connectivity index (χ0n) is 9.90. The van der Waals surface area contributed by atoms with Gasteiger partial charge in [-0.05, 0) is 46.1 Å². The minimum Gasteiger partial charge on any atom is -0.293 e. The van der Waals surface area contributed by atoms with Gasteiger partial charge in [0.25, 0.3) is 0 Å². The predicted octanol–water partition coefficient (Wildman–Crippen LogP) is 4.49. The molecule has 0 saturated heterocycles. The maximum absolute atomic E-state index is 14.0. The molecule has 1 nitrogen and oxygen atoms in total. The molecule has 1 aliphatic rings. The Morgan fingerprint density at radius 3 is 2.79 bits per heavy atom. The normalized spacial score (nSPS) is 17.3. The molecule has 19 heavy (non-hydrogen) atoms. The molecule has 2 aromatic carbocycles. The van der Waals surface area contributed by atoms with E-state index in [-0.39, 0.29) is 16.6 Å². The molecule has 0 saturated carbocycles. The first-order chi connectivity index (χ1) is 9.16. The van der Waals surface area contributed by atoms with Crippen LogP contribution in [0.2, 0.25) is 0 Å². The van der Waals surface area contributed by atoms with E-state index in [1.54, 1.807) is 18.2 Å². The summed E-state index contributed by atoms with van der Waals surface area (Å²) in [5, 5.41) is -0.221. The largest absolute Gasteiger partial charge is 0.293 e. The van der Waals surface area contributed by atoms with Crippen LogP contribution in [0, 0.1) is 5.82 Å². The fraction of sp³-hybridized carbons (Fsp3) is 0.133. The smallest absolute Gasteiger partial charge is 0.179 e. The SMILES string of the molecule is O=C(c1cccc(Br)c1F)C1Cc2ccccc2S1. The van der Waals surface area contributed by atoms with Gasteiger partial charge >= 0.3 is 0 Å². The molecule has 4 heteroatoms. The molecule has 1 aliphatic heterocycles. The first kappa shape index (κ1) is 12.9. The van der Waals surface area contributed by atoms with Crippen molar-refractivity contribution in [3.8, 4) is 0 Å². The number of hydrogen-bond acceptors (Lipinski definition) is 2. The highest BCUT2D eigenvalue weighted by Gasteiger charge is 2.30. The van der Waals surface area contributed by atoms with E-state index >= 15 is 0 Å². The lowest BCUT2D eigenvalue weighted by molar-refractivity contribution is 0.0986. The summed E-state index contributed by atoms with van der Waals surface area (Å²) in [6, 6.07) is 12.8. The zero-order chi connectivity index (χ0) is 13.4. The van der Waals surface area contributed by atoms with Gasteiger partial charge in [0.2, 0.25) is 0 Å². The molecule has 0 amide bonds. The van der Waals surface area contributed by atoms with Gasteiger partial charge in [-0.1, -0.05) is 24.3 Å². The Kier molecular flexibility index (Phi) is 3.46. The topological polar surface area (TPSA) is 17.1 Å². The number of Topliss-reactive ketones (excluding diaryl/α,β-unsaturated/α-hetero) is 1. The van der Waals surface area contributed by atoms with Gasteiger partial charge in [0.1, 0.15) is 5.82 Å². The molecule has 0 N–H and O–H groups in total. The molecule has 0 aliphatic carbocycles. The van der Waals surface area contributed by atoms with Crippen molar-refractivity contribution >= 4 is 33.5 Å². The average molecular weight is 337 g/mol. The fourth-order valence-corrected chi connectivity index (χ4v) is 3.83. The Bertz CT molecular complexity index is 631. The third kappa shape index (κ3) is 2.35. The first-order valence-electron chi connectivity index (χ1n) is 5.89. The molecule has 2 aromatic rings. The van der Waals surface area contributed by atoms with E-state index in [2.05, 4.69) is 15.9 Å². The monoisotopic (exact) mass is 336 g/mol. The summed E-state index contributed by atoms with van der Waals surface area (Å²) in [6.45, 7) is 0. The molecule has 1 heterocycles. The summed E-state index contributed by atoms with van der Waals surface area (Å²) < 4.78 is 14.3. The van der Waals surface area contributed by atoms with Gasteiger partial charge < -0.3 is 0 Å². The second-order valence-electron chi connectivity index (χ2n) is 4.38. The Hall–Kier alpha value is -1.13. The molecule has 0 fully saturated rings. The Balaban J connectivity index is 1.89. The van der Waals surface area contributed by atoms with Crippen molar-refractivity contribution in [2.45, 2.75) is 16.6 Å². The van der Waals surface area contributed by atoms with Crippen molar-refractivity contribution < 1.29 is 9.18 Å². The van der Waals surface area contributed by atoms with E-state index in [4.69, 9.17) is 0 Å². The van der Waals surface area contributed by atoms with Gasteiger partial charge in [-0.3, -0.25) is 4.79 Å². The van der Waals surface area contributed by atoms with Gasteiger partial charge in [-0.25, -0.2) is 4.39 Å². The summed E-state index contributed by atoms with van der Waals surface area (Å²) in [5.74, 6) is -0.607. The van der Waals surface area contributed by atoms with Gasteiger partial charge in [0, 0.05) is 4.90 Å². The highest BCUT2D eigenvalue weighted by molar-refractivity contribution is 9.10. The quantitative estimate of drug-likeness (QED) is 0.751. The number of thioether (sulfide) groups is 1. The lowest BCUT2D eigenvalue weighted by atomic mass is 10.0. The van der Waals surface area contributed by atoms with Crippen molar-refractivity contribution in [2.24, 2.45) is 0 Å². The van der Waals surface area contributed by atoms with Gasteiger partial charge in [0.15, 0.2) is 5.78 Å². The summed E-state index contributed by atoms with van der Waals surface area (Å²) in [4.78, 5) is 13.5. The predicted molar refractivity (Wildman–Crippen MR) is 78.2 cm³/mol. The molecule has 1 unspecified atom stereocenters. The molecule has 1 atom stereocenters. The highest BCUT2D eigenvalue weighted by Crippen LogP contribution is 2.38. The number of carbonyl (C=O) groups is 1. The van der Waals surface area contributed by atoms with Crippen molar-refractivity contribution in [3.05, 3.63) is 63.9 Å². The van der Waals surface area contributed by atoms with E-state index < -0.39 is 5.82 Å². The summed E-state index contributed by atoms with van der Waals surface area (Å²) >= 11 is 4.64. The maximum Gasteiger partial charge on any atom is 0.179 e. The summed E-state index contributed by atoms with van der Waals surface area (Å²) in [6.07, 6.45) is 0.672. The van der Waals surface area contributed by atoms with E-state index in [0.717, 1.165) is 4.90 Å². The number of rotatable bonds is 2. The van der Waals surface area contributed by atoms with Crippen LogP contribution in [0.4, 0.5) is 4.39 Å². The number of fused-ring (bicyclic) bond motifs is 1. The van der Waals surface area contributed by atoms with Gasteiger partial charge in [-0.2, -0.15) is 0 Å². The molecule has 3 rings (SSSR count). The van der Waals surface area contributed by atoms with E-state index in [1.807, 2.05) is 24.3 Å². The van der Waals surface area contributed by atoms with Crippen molar-refractivity contribution in [2.75, 3.05) is 0 Å². The van der Waals surface area contributed by atoms with Crippen LogP contribution in [-0.4, -0.2) is 11.0 Å². The van der Waals surface area contributed by atoms with E-state index in [1.165, 1.54) is 17.3 Å². The van der Waals surface area contributed by atoms with Crippen LogP contribution >= 0.6 is 27.7 Å². The van der Waals surface area contributed by atoms with Crippen LogP contribution in [0.15, 0.2) is 51.8 Å². The summed E-state index contributed by atoms with van der Waals surface area (Å²) in [5.41, 5.74) is 1.33. The van der Waals surface area contributed by atoms with E-state index in [9.17, 15) is 9.18 Å². The lowest BCUT2D eigenvalue weighted by Gasteiger charge is -2.09. The van der Waals surface area contributed by atoms with Crippen molar-refractivity contribution in [1.29, 1.82) is 0 Å². The van der Waals surface area contributed by atoms with Crippen LogP contribution in [0.1, 0.15) is 15.9 Å². The lowest BCUT2D eigenvalue weighted by Crippen LogP contribution is -2.18. The number of halogens is 2. The maximum atomic E-state index is 14.0. The average Bonchev–Trinajstić information content (AvgIpc) is 2.85. The number of benzene rings is 2. The van der Waals surface area contributed by atoms with Gasteiger partial charge in [-0.15, -0.1) is 11.8 Å². The highest BCUT2D eigenvalue weighted by atomic mass is 79.9. The Labute approximate surface area is 123 Å². The molecule has 0 aromatic heterocycles. The number of ketones is 1. The second-order valence-corrected chi connectivity index (χ2v) is 6.48. The third-order valence-corrected chi connectivity index (χ3v) is 5.09. The fourth-order valence-electron chi connectivity index (χ4n) is 2.20. The van der Waals surface area contributed by atoms with Crippen LogP contribution < -0.4 is 0 Å². The second kappa shape index (κ2) is 5.10. The number of hydrogen-bond donors (Lipinski definition) is 0. The molecule has 0 spiro atoms. The van der Waals surface area contributed by atoms with Crippen LogP contribution in [0.3, 0.4) is 0 Å². The van der Waals surface area contributed by atoms with Crippen LogP contribution in [0.25, 0.3) is 0 Å². The van der Waals surface area contributed by atoms with Crippen molar-refractivity contribution in [1.82, 2.24) is 0 Å². The Morgan fingerprint density at radius 1 is 1.21 bits per heavy atom. The molecule has 0 radical (unpaired) electrons. The van der Waals surface area contributed by atoms with Crippen molar-refractivity contribution in [3.63, 3.8) is 0 Å². The molecular weight excluding hydrogens is 327 g/mol. The molecular formula is C15H10BrFOS.